The lowest BCUT2D eigenvalue weighted by Gasteiger charge is -2.38. The Morgan fingerprint density at radius 3 is 1.96 bits per heavy atom. The third-order valence-corrected chi connectivity index (χ3v) is 7.95. The summed E-state index contributed by atoms with van der Waals surface area (Å²) in [7, 11) is -7.12. The number of sulfonamides is 1. The summed E-state index contributed by atoms with van der Waals surface area (Å²) in [6, 6.07) is 3.75. The van der Waals surface area contributed by atoms with Gasteiger partial charge in [0, 0.05) is 30.0 Å². The standard InChI is InChI=1S/C25H28F11N3O8S/c1-6-39(48(43,44)25(35,36)23(30,31)21(26,27)22(28,29)24(32,33)34)9-10-45-19(41)37-16-8-7-14(4)17(11-16)38-20(42)47-15(5)12-46-18(40)13(2)3/h7-8,11,15H,2,6,9-10,12H2,1,3-5H3,(H,37,41)(H,38,42). The third kappa shape index (κ3) is 8.96. The molecule has 0 aliphatic rings. The van der Waals surface area contributed by atoms with E-state index in [4.69, 9.17) is 9.47 Å². The number of esters is 1. The second-order valence-corrected chi connectivity index (χ2v) is 11.7. The van der Waals surface area contributed by atoms with Crippen LogP contribution in [0, 0.1) is 6.92 Å². The zero-order valence-electron chi connectivity index (χ0n) is 25.1. The fraction of sp³-hybridized carbons (Fsp3) is 0.560. The van der Waals surface area contributed by atoms with Crippen LogP contribution in [0.1, 0.15) is 26.3 Å². The first-order valence-electron chi connectivity index (χ1n) is 13.0. The van der Waals surface area contributed by atoms with Gasteiger partial charge in [-0.1, -0.05) is 19.6 Å². The molecule has 2 N–H and O–H groups in total. The van der Waals surface area contributed by atoms with E-state index in [0.29, 0.717) is 12.5 Å². The highest BCUT2D eigenvalue weighted by atomic mass is 32.2. The minimum absolute atomic E-state index is 0.0447. The molecule has 0 radical (unpaired) electrons. The van der Waals surface area contributed by atoms with Gasteiger partial charge in [-0.15, -0.1) is 0 Å². The van der Waals surface area contributed by atoms with Crippen LogP contribution in [0.2, 0.25) is 0 Å². The molecule has 48 heavy (non-hydrogen) atoms. The van der Waals surface area contributed by atoms with Gasteiger partial charge in [0.2, 0.25) is 0 Å². The van der Waals surface area contributed by atoms with E-state index in [-0.39, 0.29) is 23.6 Å². The number of halogens is 11. The van der Waals surface area contributed by atoms with Gasteiger partial charge < -0.3 is 14.2 Å². The molecule has 23 heteroatoms. The number of anilines is 2. The molecule has 0 aromatic heterocycles. The highest BCUT2D eigenvalue weighted by molar-refractivity contribution is 7.90. The van der Waals surface area contributed by atoms with Gasteiger partial charge in [-0.2, -0.15) is 52.6 Å². The van der Waals surface area contributed by atoms with Gasteiger partial charge in [-0.05, 0) is 38.5 Å². The number of benzene rings is 1. The number of aryl methyl sites for hydroxylation is 1. The molecule has 0 saturated carbocycles. The number of rotatable bonds is 15. The number of carbonyl (C=O) groups is 3. The molecule has 0 saturated heterocycles. The van der Waals surface area contributed by atoms with Crippen molar-refractivity contribution in [1.29, 1.82) is 0 Å². The van der Waals surface area contributed by atoms with Crippen LogP contribution in [-0.4, -0.2) is 92.5 Å². The summed E-state index contributed by atoms with van der Waals surface area (Å²) in [4.78, 5) is 35.8. The van der Waals surface area contributed by atoms with Crippen molar-refractivity contribution in [3.63, 3.8) is 0 Å². The highest BCUT2D eigenvalue weighted by Crippen LogP contribution is 2.58. The Balaban J connectivity index is 2.95. The summed E-state index contributed by atoms with van der Waals surface area (Å²) in [5, 5.41) is -2.85. The highest BCUT2D eigenvalue weighted by Gasteiger charge is 2.89. The van der Waals surface area contributed by atoms with Crippen LogP contribution in [0.5, 0.6) is 0 Å². The van der Waals surface area contributed by atoms with Crippen molar-refractivity contribution in [2.24, 2.45) is 0 Å². The SMILES string of the molecule is C=C(C)C(=O)OCC(C)OC(=O)Nc1cc(NC(=O)OCCN(CC)S(=O)(=O)C(F)(F)C(F)(F)C(F)(F)C(F)(F)C(F)(F)F)ccc1C. The van der Waals surface area contributed by atoms with E-state index in [1.54, 1.807) is 0 Å². The first kappa shape index (κ1) is 42.1. The fourth-order valence-corrected chi connectivity index (χ4v) is 4.66. The number of carbonyl (C=O) groups excluding carboxylic acids is 3. The Morgan fingerprint density at radius 2 is 1.46 bits per heavy atom. The summed E-state index contributed by atoms with van der Waals surface area (Å²) in [6.07, 6.45) is -10.9. The van der Waals surface area contributed by atoms with Crippen molar-refractivity contribution in [2.75, 3.05) is 36.9 Å². The quantitative estimate of drug-likeness (QED) is 0.0924. The molecule has 0 spiro atoms. The van der Waals surface area contributed by atoms with Crippen molar-refractivity contribution in [1.82, 2.24) is 4.31 Å². The molecular formula is C25H28F11N3O8S. The van der Waals surface area contributed by atoms with Crippen molar-refractivity contribution in [2.45, 2.75) is 63.0 Å². The zero-order valence-corrected chi connectivity index (χ0v) is 25.9. The minimum Gasteiger partial charge on any atom is -0.458 e. The molecule has 0 fully saturated rings. The molecule has 0 bridgehead atoms. The van der Waals surface area contributed by atoms with Gasteiger partial charge in [0.1, 0.15) is 19.3 Å². The molecule has 2 amide bonds. The number of hydrogen-bond acceptors (Lipinski definition) is 8. The van der Waals surface area contributed by atoms with Gasteiger partial charge in [0.15, 0.2) is 0 Å². The van der Waals surface area contributed by atoms with Crippen LogP contribution in [0.25, 0.3) is 0 Å². The van der Waals surface area contributed by atoms with Crippen molar-refractivity contribution >= 4 is 39.6 Å². The molecule has 0 heterocycles. The lowest BCUT2D eigenvalue weighted by Crippen LogP contribution is -2.69. The van der Waals surface area contributed by atoms with Crippen LogP contribution in [0.3, 0.4) is 0 Å². The zero-order chi connectivity index (χ0) is 37.7. The van der Waals surface area contributed by atoms with Gasteiger partial charge in [-0.25, -0.2) is 22.8 Å². The van der Waals surface area contributed by atoms with Crippen LogP contribution in [-0.2, 0) is 29.0 Å². The predicted molar refractivity (Wildman–Crippen MR) is 143 cm³/mol. The van der Waals surface area contributed by atoms with Crippen LogP contribution < -0.4 is 10.6 Å². The molecular weight excluding hydrogens is 711 g/mol. The minimum atomic E-state index is -7.94. The number of nitrogens with zero attached hydrogens (tertiary/aromatic N) is 1. The molecule has 1 atom stereocenters. The van der Waals surface area contributed by atoms with E-state index in [9.17, 15) is 71.1 Å². The summed E-state index contributed by atoms with van der Waals surface area (Å²) in [5.74, 6) is -24.3. The van der Waals surface area contributed by atoms with E-state index in [1.807, 2.05) is 0 Å². The number of alkyl halides is 11. The van der Waals surface area contributed by atoms with E-state index in [2.05, 4.69) is 21.9 Å². The fourth-order valence-electron chi connectivity index (χ4n) is 3.23. The second-order valence-electron chi connectivity index (χ2n) is 9.74. The van der Waals surface area contributed by atoms with Crippen LogP contribution in [0.4, 0.5) is 69.3 Å². The van der Waals surface area contributed by atoms with Crippen molar-refractivity contribution in [3.05, 3.63) is 35.9 Å². The molecule has 11 nitrogen and oxygen atoms in total. The number of nitrogens with one attached hydrogen (secondary N) is 2. The molecule has 274 valence electrons. The number of hydrogen-bond donors (Lipinski definition) is 2. The topological polar surface area (TPSA) is 140 Å². The molecule has 1 aromatic carbocycles. The summed E-state index contributed by atoms with van der Waals surface area (Å²) in [5.41, 5.74) is 0.434. The Bertz CT molecular complexity index is 1470. The van der Waals surface area contributed by atoms with Crippen LogP contribution >= 0.6 is 0 Å². The third-order valence-electron chi connectivity index (χ3n) is 5.93. The maximum atomic E-state index is 14.3. The first-order valence-corrected chi connectivity index (χ1v) is 14.4. The monoisotopic (exact) mass is 739 g/mol. The second kappa shape index (κ2) is 15.1. The van der Waals surface area contributed by atoms with Crippen molar-refractivity contribution < 1.29 is 85.3 Å². The van der Waals surface area contributed by atoms with E-state index in [1.165, 1.54) is 32.9 Å². The summed E-state index contributed by atoms with van der Waals surface area (Å²) in [6.45, 7) is 4.04. The Kier molecular flexibility index (Phi) is 13.3. The van der Waals surface area contributed by atoms with Gasteiger partial charge in [0.25, 0.3) is 10.0 Å². The predicted octanol–water partition coefficient (Wildman–Crippen LogP) is 6.31. The number of ether oxygens (including phenoxy) is 3. The van der Waals surface area contributed by atoms with E-state index < -0.39 is 87.5 Å². The lowest BCUT2D eigenvalue weighted by molar-refractivity contribution is -0.413. The van der Waals surface area contributed by atoms with Crippen LogP contribution in [0.15, 0.2) is 30.4 Å². The molecule has 0 aliphatic heterocycles. The van der Waals surface area contributed by atoms with Gasteiger partial charge in [0.05, 0.1) is 0 Å². The Morgan fingerprint density at radius 1 is 0.896 bits per heavy atom. The molecule has 0 aliphatic carbocycles. The largest absolute Gasteiger partial charge is 0.460 e. The maximum Gasteiger partial charge on any atom is 0.460 e. The maximum absolute atomic E-state index is 14.3. The van der Waals surface area contributed by atoms with Crippen molar-refractivity contribution in [3.8, 4) is 0 Å². The smallest absolute Gasteiger partial charge is 0.458 e. The lowest BCUT2D eigenvalue weighted by atomic mass is 10.0. The summed E-state index contributed by atoms with van der Waals surface area (Å²) < 4.78 is 185. The average molecular weight is 740 g/mol. The first-order chi connectivity index (χ1) is 21.6. The molecule has 1 rings (SSSR count). The normalized spacial score (nSPS) is 13.8. The average Bonchev–Trinajstić information content (AvgIpc) is 2.94. The summed E-state index contributed by atoms with van der Waals surface area (Å²) >= 11 is 0. The number of likely N-dealkylation sites (N-methyl/N-ethyl adjacent to an activating group) is 1. The van der Waals surface area contributed by atoms with E-state index in [0.717, 1.165) is 6.07 Å². The molecule has 1 unspecified atom stereocenters. The van der Waals surface area contributed by atoms with Gasteiger partial charge >= 0.3 is 47.4 Å². The Hall–Kier alpha value is -3.89. The van der Waals surface area contributed by atoms with Gasteiger partial charge in [-0.3, -0.25) is 10.6 Å². The number of amides is 2. The Labute approximate surface area is 265 Å². The van der Waals surface area contributed by atoms with E-state index >= 15 is 0 Å². The molecule has 1 aromatic rings.